The summed E-state index contributed by atoms with van der Waals surface area (Å²) in [6, 6.07) is 10.5. The number of hydrogen-bond acceptors (Lipinski definition) is 1. The Kier molecular flexibility index (Phi) is 4.43. The summed E-state index contributed by atoms with van der Waals surface area (Å²) in [7, 11) is 0. The summed E-state index contributed by atoms with van der Waals surface area (Å²) in [5.74, 6) is 0. The molecular formula is C17H23N3O. The van der Waals surface area contributed by atoms with Crippen molar-refractivity contribution in [2.45, 2.75) is 51.1 Å². The Morgan fingerprint density at radius 1 is 1.14 bits per heavy atom. The number of rotatable bonds is 3. The number of amides is 2. The van der Waals surface area contributed by atoms with Gasteiger partial charge in [-0.25, -0.2) is 4.79 Å². The molecule has 3 rings (SSSR count). The van der Waals surface area contributed by atoms with E-state index in [9.17, 15) is 4.79 Å². The Balaban J connectivity index is 1.50. The molecule has 1 heterocycles. The van der Waals surface area contributed by atoms with Gasteiger partial charge in [-0.3, -0.25) is 0 Å². The summed E-state index contributed by atoms with van der Waals surface area (Å²) >= 11 is 0. The van der Waals surface area contributed by atoms with Crippen LogP contribution in [0.15, 0.2) is 30.3 Å². The Hall–Kier alpha value is -1.97. The highest BCUT2D eigenvalue weighted by Gasteiger charge is 2.14. The first-order chi connectivity index (χ1) is 10.3. The van der Waals surface area contributed by atoms with Crippen molar-refractivity contribution in [1.82, 2.24) is 15.6 Å². The highest BCUT2D eigenvalue weighted by molar-refractivity contribution is 5.80. The molecule has 1 aliphatic rings. The molecule has 0 bridgehead atoms. The molecule has 3 N–H and O–H groups in total. The van der Waals surface area contributed by atoms with E-state index in [2.05, 4.69) is 27.8 Å². The quantitative estimate of drug-likeness (QED) is 0.740. The van der Waals surface area contributed by atoms with E-state index < -0.39 is 0 Å². The summed E-state index contributed by atoms with van der Waals surface area (Å²) in [6.45, 7) is 0.535. The fraction of sp³-hybridized carbons (Fsp3) is 0.471. The minimum Gasteiger partial charge on any atom is -0.357 e. The smallest absolute Gasteiger partial charge is 0.315 e. The average molecular weight is 285 g/mol. The van der Waals surface area contributed by atoms with Gasteiger partial charge in [-0.15, -0.1) is 0 Å². The maximum Gasteiger partial charge on any atom is 0.315 e. The van der Waals surface area contributed by atoms with E-state index in [0.717, 1.165) is 24.1 Å². The minimum absolute atomic E-state index is 0.0550. The van der Waals surface area contributed by atoms with Crippen LogP contribution < -0.4 is 10.6 Å². The van der Waals surface area contributed by atoms with Crippen LogP contribution >= 0.6 is 0 Å². The third-order valence-corrected chi connectivity index (χ3v) is 4.22. The third kappa shape index (κ3) is 3.78. The van der Waals surface area contributed by atoms with Crippen LogP contribution in [-0.2, 0) is 6.54 Å². The Bertz CT molecular complexity index is 564. The SMILES string of the molecule is O=C(NCc1cc2ccccc2[nH]1)NC1CCCCCC1. The van der Waals surface area contributed by atoms with Gasteiger partial charge in [0.1, 0.15) is 0 Å². The first-order valence-corrected chi connectivity index (χ1v) is 7.92. The summed E-state index contributed by atoms with van der Waals surface area (Å²) in [5.41, 5.74) is 2.14. The van der Waals surface area contributed by atoms with Gasteiger partial charge < -0.3 is 15.6 Å². The van der Waals surface area contributed by atoms with Gasteiger partial charge in [-0.05, 0) is 30.4 Å². The number of fused-ring (bicyclic) bond motifs is 1. The largest absolute Gasteiger partial charge is 0.357 e. The topological polar surface area (TPSA) is 56.9 Å². The van der Waals surface area contributed by atoms with Crippen molar-refractivity contribution in [3.8, 4) is 0 Å². The van der Waals surface area contributed by atoms with Crippen molar-refractivity contribution in [2.24, 2.45) is 0 Å². The van der Waals surface area contributed by atoms with E-state index in [1.54, 1.807) is 0 Å². The van der Waals surface area contributed by atoms with Crippen molar-refractivity contribution in [2.75, 3.05) is 0 Å². The van der Waals surface area contributed by atoms with E-state index in [-0.39, 0.29) is 6.03 Å². The second-order valence-corrected chi connectivity index (χ2v) is 5.90. The monoisotopic (exact) mass is 285 g/mol. The lowest BCUT2D eigenvalue weighted by molar-refractivity contribution is 0.235. The first kappa shape index (κ1) is 14.0. The van der Waals surface area contributed by atoms with Crippen molar-refractivity contribution in [3.05, 3.63) is 36.0 Å². The van der Waals surface area contributed by atoms with Crippen LogP contribution in [0, 0.1) is 0 Å². The summed E-state index contributed by atoms with van der Waals surface area (Å²) in [6.07, 6.45) is 7.28. The molecule has 1 saturated carbocycles. The number of carbonyl (C=O) groups is 1. The second-order valence-electron chi connectivity index (χ2n) is 5.90. The number of H-pyrrole nitrogens is 1. The zero-order chi connectivity index (χ0) is 14.5. The number of aromatic nitrogens is 1. The van der Waals surface area contributed by atoms with Crippen molar-refractivity contribution in [1.29, 1.82) is 0 Å². The number of benzene rings is 1. The molecule has 1 aromatic heterocycles. The van der Waals surface area contributed by atoms with E-state index >= 15 is 0 Å². The second kappa shape index (κ2) is 6.66. The molecule has 4 nitrogen and oxygen atoms in total. The molecule has 0 saturated heterocycles. The van der Waals surface area contributed by atoms with Crippen LogP contribution in [0.25, 0.3) is 10.9 Å². The molecule has 112 valence electrons. The Morgan fingerprint density at radius 2 is 1.90 bits per heavy atom. The third-order valence-electron chi connectivity index (χ3n) is 4.22. The Morgan fingerprint density at radius 3 is 2.67 bits per heavy atom. The Labute approximate surface area is 125 Å². The fourth-order valence-electron chi connectivity index (χ4n) is 3.06. The lowest BCUT2D eigenvalue weighted by Gasteiger charge is -2.16. The molecule has 0 atom stereocenters. The standard InChI is InChI=1S/C17H23N3O/c21-17(20-14-8-3-1-2-4-9-14)18-12-15-11-13-7-5-6-10-16(13)19-15/h5-7,10-11,14,19H,1-4,8-9,12H2,(H2,18,20,21). The van der Waals surface area contributed by atoms with Gasteiger partial charge in [-0.1, -0.05) is 43.9 Å². The van der Waals surface area contributed by atoms with Gasteiger partial charge in [0, 0.05) is 17.3 Å². The molecule has 1 fully saturated rings. The van der Waals surface area contributed by atoms with Crippen molar-refractivity contribution >= 4 is 16.9 Å². The molecule has 0 aliphatic heterocycles. The molecule has 21 heavy (non-hydrogen) atoms. The fourth-order valence-corrected chi connectivity index (χ4v) is 3.06. The van der Waals surface area contributed by atoms with Crippen LogP contribution in [-0.4, -0.2) is 17.1 Å². The predicted molar refractivity (Wildman–Crippen MR) is 85.2 cm³/mol. The van der Waals surface area contributed by atoms with Crippen molar-refractivity contribution < 1.29 is 4.79 Å². The van der Waals surface area contributed by atoms with E-state index in [1.807, 2.05) is 18.2 Å². The molecule has 0 unspecified atom stereocenters. The summed E-state index contributed by atoms with van der Waals surface area (Å²) < 4.78 is 0. The molecule has 0 spiro atoms. The molecule has 1 aromatic carbocycles. The summed E-state index contributed by atoms with van der Waals surface area (Å²) in [4.78, 5) is 15.3. The minimum atomic E-state index is -0.0550. The van der Waals surface area contributed by atoms with E-state index in [1.165, 1.54) is 31.1 Å². The zero-order valence-corrected chi connectivity index (χ0v) is 12.3. The first-order valence-electron chi connectivity index (χ1n) is 7.92. The lowest BCUT2D eigenvalue weighted by Crippen LogP contribution is -2.41. The van der Waals surface area contributed by atoms with Crippen molar-refractivity contribution in [3.63, 3.8) is 0 Å². The van der Waals surface area contributed by atoms with Crippen LogP contribution in [0.2, 0.25) is 0 Å². The number of carbonyl (C=O) groups excluding carboxylic acids is 1. The number of aromatic amines is 1. The molecular weight excluding hydrogens is 262 g/mol. The number of nitrogens with one attached hydrogen (secondary N) is 3. The maximum atomic E-state index is 12.0. The van der Waals surface area contributed by atoms with Crippen LogP contribution in [0.5, 0.6) is 0 Å². The van der Waals surface area contributed by atoms with Crippen LogP contribution in [0.3, 0.4) is 0 Å². The van der Waals surface area contributed by atoms with Crippen LogP contribution in [0.4, 0.5) is 4.79 Å². The van der Waals surface area contributed by atoms with Gasteiger partial charge >= 0.3 is 6.03 Å². The highest BCUT2D eigenvalue weighted by Crippen LogP contribution is 2.17. The predicted octanol–water partition coefficient (Wildman–Crippen LogP) is 3.69. The number of para-hydroxylation sites is 1. The normalized spacial score (nSPS) is 16.6. The van der Waals surface area contributed by atoms with E-state index in [4.69, 9.17) is 0 Å². The number of urea groups is 1. The zero-order valence-electron chi connectivity index (χ0n) is 12.3. The number of hydrogen-bond donors (Lipinski definition) is 3. The molecule has 0 radical (unpaired) electrons. The van der Waals surface area contributed by atoms with E-state index in [0.29, 0.717) is 12.6 Å². The molecule has 2 aromatic rings. The van der Waals surface area contributed by atoms with Gasteiger partial charge in [0.15, 0.2) is 0 Å². The average Bonchev–Trinajstić information content (AvgIpc) is 2.74. The molecule has 1 aliphatic carbocycles. The van der Waals surface area contributed by atoms with Gasteiger partial charge in [0.05, 0.1) is 6.54 Å². The van der Waals surface area contributed by atoms with Gasteiger partial charge in [-0.2, -0.15) is 0 Å². The molecule has 2 amide bonds. The highest BCUT2D eigenvalue weighted by atomic mass is 16.2. The maximum absolute atomic E-state index is 12.0. The lowest BCUT2D eigenvalue weighted by atomic mass is 10.1. The van der Waals surface area contributed by atoms with Gasteiger partial charge in [0.25, 0.3) is 0 Å². The van der Waals surface area contributed by atoms with Gasteiger partial charge in [0.2, 0.25) is 0 Å². The van der Waals surface area contributed by atoms with Crippen LogP contribution in [0.1, 0.15) is 44.2 Å². The molecule has 4 heteroatoms. The summed E-state index contributed by atoms with van der Waals surface area (Å²) in [5, 5.41) is 7.22.